The van der Waals surface area contributed by atoms with E-state index in [9.17, 15) is 5.11 Å². The summed E-state index contributed by atoms with van der Waals surface area (Å²) in [4.78, 5) is 0.183. The van der Waals surface area contributed by atoms with Gasteiger partial charge in [0, 0.05) is 11.4 Å². The first-order chi connectivity index (χ1) is 8.72. The van der Waals surface area contributed by atoms with Gasteiger partial charge >= 0.3 is 0 Å². The zero-order valence-electron chi connectivity index (χ0n) is 10.0. The van der Waals surface area contributed by atoms with Crippen molar-refractivity contribution in [3.63, 3.8) is 0 Å². The van der Waals surface area contributed by atoms with Crippen LogP contribution < -0.4 is 0 Å². The van der Waals surface area contributed by atoms with E-state index in [1.807, 2.05) is 6.07 Å². The first-order valence-electron chi connectivity index (χ1n) is 5.99. The number of ether oxygens (including phenoxy) is 2. The summed E-state index contributed by atoms with van der Waals surface area (Å²) in [6.07, 6.45) is 0.710. The number of aliphatic hydroxyl groups excluding tert-OH is 1. The minimum Gasteiger partial charge on any atom is -0.508 e. The van der Waals surface area contributed by atoms with Gasteiger partial charge in [-0.25, -0.2) is 0 Å². The fraction of sp³-hybridized carbons (Fsp3) is 0.538. The molecular weight excluding hydrogens is 300 g/mol. The van der Waals surface area contributed by atoms with Gasteiger partial charge in [0.25, 0.3) is 0 Å². The van der Waals surface area contributed by atoms with Gasteiger partial charge in [0.15, 0.2) is 0 Å². The van der Waals surface area contributed by atoms with Crippen molar-refractivity contribution in [2.45, 2.75) is 17.4 Å². The molecule has 0 amide bonds. The van der Waals surface area contributed by atoms with Gasteiger partial charge in [-0.3, -0.25) is 0 Å². The van der Waals surface area contributed by atoms with Crippen molar-refractivity contribution < 1.29 is 19.7 Å². The van der Waals surface area contributed by atoms with E-state index in [1.54, 1.807) is 12.1 Å². The largest absolute Gasteiger partial charge is 0.508 e. The molecule has 100 valence electrons. The highest BCUT2D eigenvalue weighted by molar-refractivity contribution is 9.09. The molecule has 1 aromatic carbocycles. The SMILES string of the molecule is OCCOCC1OCCC(Br)c2cc(O)ccc21. The number of phenolic OH excluding ortho intramolecular Hbond substituents is 1. The molecule has 2 rings (SSSR count). The quantitative estimate of drug-likeness (QED) is 0.661. The molecule has 0 bridgehead atoms. The average Bonchev–Trinajstić information content (AvgIpc) is 2.50. The number of phenols is 1. The van der Waals surface area contributed by atoms with Crippen molar-refractivity contribution in [3.05, 3.63) is 29.3 Å². The monoisotopic (exact) mass is 316 g/mol. The smallest absolute Gasteiger partial charge is 0.115 e. The van der Waals surface area contributed by atoms with Crippen molar-refractivity contribution in [1.29, 1.82) is 0 Å². The standard InChI is InChI=1S/C13H17BrO4/c14-12-3-5-18-13(8-17-6-4-15)10-2-1-9(16)7-11(10)12/h1-2,7,12-13,15-16H,3-6,8H2. The van der Waals surface area contributed by atoms with E-state index in [0.29, 0.717) is 19.8 Å². The van der Waals surface area contributed by atoms with E-state index in [0.717, 1.165) is 17.5 Å². The Morgan fingerprint density at radius 2 is 2.22 bits per heavy atom. The number of benzene rings is 1. The predicted molar refractivity (Wildman–Crippen MR) is 71.0 cm³/mol. The Hall–Kier alpha value is -0.620. The van der Waals surface area contributed by atoms with Crippen molar-refractivity contribution in [2.24, 2.45) is 0 Å². The third-order valence-electron chi connectivity index (χ3n) is 2.95. The molecule has 2 N–H and O–H groups in total. The van der Waals surface area contributed by atoms with Crippen LogP contribution in [-0.4, -0.2) is 36.6 Å². The molecule has 0 saturated carbocycles. The first-order valence-corrected chi connectivity index (χ1v) is 6.91. The van der Waals surface area contributed by atoms with E-state index in [-0.39, 0.29) is 23.3 Å². The summed E-state index contributed by atoms with van der Waals surface area (Å²) < 4.78 is 11.1. The molecule has 2 unspecified atom stereocenters. The van der Waals surface area contributed by atoms with Gasteiger partial charge in [-0.05, 0) is 29.7 Å². The van der Waals surface area contributed by atoms with Crippen LogP contribution in [0.25, 0.3) is 0 Å². The van der Waals surface area contributed by atoms with Gasteiger partial charge in [0.1, 0.15) is 11.9 Å². The van der Waals surface area contributed by atoms with E-state index >= 15 is 0 Å². The molecule has 4 nitrogen and oxygen atoms in total. The van der Waals surface area contributed by atoms with Crippen LogP contribution in [-0.2, 0) is 9.47 Å². The number of fused-ring (bicyclic) bond motifs is 1. The summed E-state index contributed by atoms with van der Waals surface area (Å²) in [6.45, 7) is 1.37. The molecule has 1 heterocycles. The molecule has 1 aliphatic rings. The predicted octanol–water partition coefficient (Wildman–Crippen LogP) is 2.30. The summed E-state index contributed by atoms with van der Waals surface area (Å²) in [7, 11) is 0. The minimum absolute atomic E-state index is 0.0101. The van der Waals surface area contributed by atoms with E-state index in [4.69, 9.17) is 14.6 Å². The Balaban J connectivity index is 2.20. The first kappa shape index (κ1) is 13.8. The van der Waals surface area contributed by atoms with Gasteiger partial charge in [-0.1, -0.05) is 22.0 Å². The maximum atomic E-state index is 9.57. The lowest BCUT2D eigenvalue weighted by molar-refractivity contribution is -0.0229. The van der Waals surface area contributed by atoms with E-state index in [2.05, 4.69) is 15.9 Å². The Labute approximate surface area is 115 Å². The average molecular weight is 317 g/mol. The molecule has 0 aromatic heterocycles. The second-order valence-electron chi connectivity index (χ2n) is 4.23. The minimum atomic E-state index is -0.144. The van der Waals surface area contributed by atoms with Crippen LogP contribution in [0.3, 0.4) is 0 Å². The van der Waals surface area contributed by atoms with Gasteiger partial charge in [-0.2, -0.15) is 0 Å². The van der Waals surface area contributed by atoms with Crippen LogP contribution in [0.5, 0.6) is 5.75 Å². The fourth-order valence-corrected chi connectivity index (χ4v) is 2.66. The molecule has 0 aliphatic carbocycles. The van der Waals surface area contributed by atoms with Gasteiger partial charge in [0.2, 0.25) is 0 Å². The molecule has 2 atom stereocenters. The number of hydrogen-bond acceptors (Lipinski definition) is 4. The Kier molecular flexibility index (Phi) is 5.00. The highest BCUT2D eigenvalue weighted by Gasteiger charge is 2.24. The Bertz CT molecular complexity index is 397. The molecule has 0 spiro atoms. The number of aromatic hydroxyl groups is 1. The number of rotatable bonds is 4. The lowest BCUT2D eigenvalue weighted by Gasteiger charge is -2.18. The molecular formula is C13H17BrO4. The fourth-order valence-electron chi connectivity index (χ4n) is 2.08. The third kappa shape index (κ3) is 3.23. The number of alkyl halides is 1. The van der Waals surface area contributed by atoms with Crippen molar-refractivity contribution >= 4 is 15.9 Å². The van der Waals surface area contributed by atoms with E-state index < -0.39 is 0 Å². The normalized spacial score (nSPS) is 23.4. The summed E-state index contributed by atoms with van der Waals surface area (Å²) in [5.41, 5.74) is 2.08. The topological polar surface area (TPSA) is 58.9 Å². The molecule has 1 aliphatic heterocycles. The van der Waals surface area contributed by atoms with Crippen molar-refractivity contribution in [1.82, 2.24) is 0 Å². The Morgan fingerprint density at radius 3 is 3.00 bits per heavy atom. The van der Waals surface area contributed by atoms with Crippen LogP contribution in [0, 0.1) is 0 Å². The summed E-state index contributed by atoms with van der Waals surface area (Å²) in [6, 6.07) is 5.30. The summed E-state index contributed by atoms with van der Waals surface area (Å²) in [5, 5.41) is 18.3. The highest BCUT2D eigenvalue weighted by atomic mass is 79.9. The second kappa shape index (κ2) is 6.52. The zero-order valence-corrected chi connectivity index (χ0v) is 11.6. The molecule has 0 saturated heterocycles. The van der Waals surface area contributed by atoms with Crippen LogP contribution in [0.2, 0.25) is 0 Å². The highest BCUT2D eigenvalue weighted by Crippen LogP contribution is 2.38. The lowest BCUT2D eigenvalue weighted by Crippen LogP contribution is -2.13. The molecule has 1 aromatic rings. The summed E-state index contributed by atoms with van der Waals surface area (Å²) >= 11 is 3.61. The van der Waals surface area contributed by atoms with E-state index in [1.165, 1.54) is 0 Å². The number of hydrogen-bond donors (Lipinski definition) is 2. The van der Waals surface area contributed by atoms with Crippen molar-refractivity contribution in [2.75, 3.05) is 26.4 Å². The molecule has 5 heteroatoms. The van der Waals surface area contributed by atoms with Crippen LogP contribution in [0.1, 0.15) is 28.5 Å². The van der Waals surface area contributed by atoms with Crippen LogP contribution >= 0.6 is 15.9 Å². The molecule has 18 heavy (non-hydrogen) atoms. The van der Waals surface area contributed by atoms with Crippen molar-refractivity contribution in [3.8, 4) is 5.75 Å². The summed E-state index contributed by atoms with van der Waals surface area (Å²) in [5.74, 6) is 0.259. The maximum absolute atomic E-state index is 9.57. The van der Waals surface area contributed by atoms with Gasteiger partial charge in [0.05, 0.1) is 19.8 Å². The maximum Gasteiger partial charge on any atom is 0.115 e. The van der Waals surface area contributed by atoms with Gasteiger partial charge < -0.3 is 19.7 Å². The Morgan fingerprint density at radius 1 is 1.39 bits per heavy atom. The second-order valence-corrected chi connectivity index (χ2v) is 5.33. The number of halogens is 1. The van der Waals surface area contributed by atoms with Crippen LogP contribution in [0.15, 0.2) is 18.2 Å². The number of aliphatic hydroxyl groups is 1. The molecule has 0 fully saturated rings. The van der Waals surface area contributed by atoms with Crippen LogP contribution in [0.4, 0.5) is 0 Å². The zero-order chi connectivity index (χ0) is 13.0. The van der Waals surface area contributed by atoms with Gasteiger partial charge in [-0.15, -0.1) is 0 Å². The lowest BCUT2D eigenvalue weighted by atomic mass is 9.99. The third-order valence-corrected chi connectivity index (χ3v) is 3.90. The molecule has 0 radical (unpaired) electrons.